The second-order valence-corrected chi connectivity index (χ2v) is 8.41. The van der Waals surface area contributed by atoms with Gasteiger partial charge in [0.05, 0.1) is 19.3 Å². The number of nitrogens with one attached hydrogen (secondary N) is 1. The molecule has 8 heteroatoms. The van der Waals surface area contributed by atoms with E-state index in [9.17, 15) is 4.79 Å². The molecule has 0 spiro atoms. The van der Waals surface area contributed by atoms with Gasteiger partial charge in [0.15, 0.2) is 5.16 Å². The Labute approximate surface area is 193 Å². The van der Waals surface area contributed by atoms with E-state index in [1.54, 1.807) is 26.0 Å². The first kappa shape index (κ1) is 24.0. The molecule has 32 heavy (non-hydrogen) atoms. The summed E-state index contributed by atoms with van der Waals surface area (Å²) in [5.74, 6) is 1.56. The van der Waals surface area contributed by atoms with E-state index in [0.29, 0.717) is 25.3 Å². The molecule has 2 aromatic carbocycles. The van der Waals surface area contributed by atoms with Gasteiger partial charge in [-0.05, 0) is 30.2 Å². The maximum absolute atomic E-state index is 12.1. The smallest absolute Gasteiger partial charge is 0.251 e. The number of carbonyl (C=O) groups is 1. The number of hydrogen-bond donors (Lipinski definition) is 1. The van der Waals surface area contributed by atoms with Gasteiger partial charge in [0.25, 0.3) is 5.91 Å². The number of benzene rings is 2. The molecule has 0 bridgehead atoms. The van der Waals surface area contributed by atoms with Crippen LogP contribution in [0.4, 0.5) is 0 Å². The molecule has 1 atom stereocenters. The van der Waals surface area contributed by atoms with Crippen LogP contribution in [0.5, 0.6) is 0 Å². The van der Waals surface area contributed by atoms with Crippen LogP contribution in [0.1, 0.15) is 40.3 Å². The number of amides is 1. The second kappa shape index (κ2) is 12.4. The summed E-state index contributed by atoms with van der Waals surface area (Å²) in [6.45, 7) is 3.69. The van der Waals surface area contributed by atoms with Crippen molar-refractivity contribution in [1.82, 2.24) is 20.1 Å². The summed E-state index contributed by atoms with van der Waals surface area (Å²) in [6.07, 6.45) is 0.718. The average Bonchev–Trinajstić information content (AvgIpc) is 3.21. The molecule has 0 fully saturated rings. The molecule has 1 aromatic heterocycles. The highest BCUT2D eigenvalue weighted by Gasteiger charge is 2.18. The molecule has 1 unspecified atom stereocenters. The van der Waals surface area contributed by atoms with Gasteiger partial charge in [-0.25, -0.2) is 0 Å². The number of thioether (sulfide) groups is 1. The van der Waals surface area contributed by atoms with Crippen molar-refractivity contribution in [2.45, 2.75) is 30.3 Å². The number of ether oxygens (including phenoxy) is 2. The van der Waals surface area contributed by atoms with Crippen molar-refractivity contribution >= 4 is 17.7 Å². The molecule has 0 saturated heterocycles. The van der Waals surface area contributed by atoms with Crippen molar-refractivity contribution in [3.05, 3.63) is 77.1 Å². The van der Waals surface area contributed by atoms with Crippen LogP contribution in [-0.4, -0.2) is 54.6 Å². The third-order valence-corrected chi connectivity index (χ3v) is 5.98. The summed E-state index contributed by atoms with van der Waals surface area (Å²) in [7, 11) is 3.32. The van der Waals surface area contributed by atoms with E-state index in [2.05, 4.69) is 39.1 Å². The van der Waals surface area contributed by atoms with Gasteiger partial charge in [-0.1, -0.05) is 54.2 Å². The van der Waals surface area contributed by atoms with E-state index in [1.165, 1.54) is 5.56 Å². The molecule has 0 aliphatic rings. The van der Waals surface area contributed by atoms with Gasteiger partial charge in [-0.15, -0.1) is 10.2 Å². The largest absolute Gasteiger partial charge is 0.383 e. The van der Waals surface area contributed by atoms with Gasteiger partial charge in [-0.2, -0.15) is 0 Å². The molecule has 3 aromatic rings. The van der Waals surface area contributed by atoms with Crippen molar-refractivity contribution in [2.24, 2.45) is 0 Å². The zero-order valence-corrected chi connectivity index (χ0v) is 19.6. The first-order valence-corrected chi connectivity index (χ1v) is 11.6. The normalized spacial score (nSPS) is 12.0. The summed E-state index contributed by atoms with van der Waals surface area (Å²) in [4.78, 5) is 12.1. The molecule has 1 N–H and O–H groups in total. The molecule has 0 saturated carbocycles. The lowest BCUT2D eigenvalue weighted by atomic mass is 10.1. The predicted octanol–water partition coefficient (Wildman–Crippen LogP) is 3.74. The molecular formula is C24H30N4O3S. The number of aromatic nitrogens is 3. The molecule has 3 rings (SSSR count). The molecule has 0 aliphatic carbocycles. The van der Waals surface area contributed by atoms with Crippen LogP contribution in [-0.2, 0) is 21.6 Å². The van der Waals surface area contributed by atoms with E-state index in [1.807, 2.05) is 42.5 Å². The number of hydrogen-bond acceptors (Lipinski definition) is 6. The molecule has 0 radical (unpaired) electrons. The van der Waals surface area contributed by atoms with Crippen LogP contribution in [0.25, 0.3) is 0 Å². The maximum atomic E-state index is 12.1. The summed E-state index contributed by atoms with van der Waals surface area (Å²) in [5, 5.41) is 12.6. The summed E-state index contributed by atoms with van der Waals surface area (Å²) in [6, 6.07) is 18.0. The Bertz CT molecular complexity index is 977. The minimum atomic E-state index is -0.0973. The van der Waals surface area contributed by atoms with E-state index in [0.717, 1.165) is 28.7 Å². The Morgan fingerprint density at radius 1 is 1.03 bits per heavy atom. The quantitative estimate of drug-likeness (QED) is 0.332. The molecule has 1 heterocycles. The highest BCUT2D eigenvalue weighted by atomic mass is 32.2. The number of rotatable bonds is 12. The highest BCUT2D eigenvalue weighted by Crippen LogP contribution is 2.26. The molecule has 7 nitrogen and oxygen atoms in total. The molecule has 170 valence electrons. The number of methoxy groups -OCH3 is 2. The number of carbonyl (C=O) groups excluding carboxylic acids is 1. The fourth-order valence-electron chi connectivity index (χ4n) is 3.33. The third-order valence-electron chi connectivity index (χ3n) is 4.96. The summed E-state index contributed by atoms with van der Waals surface area (Å²) >= 11 is 1.63. The second-order valence-electron chi connectivity index (χ2n) is 7.47. The lowest BCUT2D eigenvalue weighted by molar-refractivity contribution is 0.0937. The monoisotopic (exact) mass is 454 g/mol. The fourth-order valence-corrected chi connectivity index (χ4v) is 4.34. The van der Waals surface area contributed by atoms with Crippen molar-refractivity contribution in [2.75, 3.05) is 34.0 Å². The van der Waals surface area contributed by atoms with Gasteiger partial charge in [0.1, 0.15) is 5.82 Å². The minimum Gasteiger partial charge on any atom is -0.383 e. The van der Waals surface area contributed by atoms with Crippen LogP contribution in [0.15, 0.2) is 59.8 Å². The fraction of sp³-hybridized carbons (Fsp3) is 0.375. The Balaban J connectivity index is 1.68. The van der Waals surface area contributed by atoms with E-state index in [4.69, 9.17) is 9.47 Å². The first-order chi connectivity index (χ1) is 15.6. The highest BCUT2D eigenvalue weighted by molar-refractivity contribution is 7.98. The van der Waals surface area contributed by atoms with Gasteiger partial charge in [0, 0.05) is 38.5 Å². The molecular weight excluding hydrogens is 424 g/mol. The van der Waals surface area contributed by atoms with Crippen molar-refractivity contribution in [3.8, 4) is 0 Å². The Morgan fingerprint density at radius 3 is 2.47 bits per heavy atom. The lowest BCUT2D eigenvalue weighted by Crippen LogP contribution is -2.26. The van der Waals surface area contributed by atoms with Crippen LogP contribution in [0, 0.1) is 0 Å². The molecule has 1 amide bonds. The van der Waals surface area contributed by atoms with E-state index >= 15 is 0 Å². The Hall–Kier alpha value is -2.68. The van der Waals surface area contributed by atoms with Crippen LogP contribution in [0.2, 0.25) is 0 Å². The number of nitrogens with zero attached hydrogens (tertiary/aromatic N) is 3. The van der Waals surface area contributed by atoms with E-state index < -0.39 is 0 Å². The lowest BCUT2D eigenvalue weighted by Gasteiger charge is -2.17. The van der Waals surface area contributed by atoms with Crippen LogP contribution >= 0.6 is 11.8 Å². The van der Waals surface area contributed by atoms with Gasteiger partial charge >= 0.3 is 0 Å². The SMILES string of the molecule is COCCNC(=O)c1ccc(CSc2nnc(Cc3ccccc3)n2C(C)COC)cc1. The average molecular weight is 455 g/mol. The van der Waals surface area contributed by atoms with E-state index in [-0.39, 0.29) is 11.9 Å². The minimum absolute atomic E-state index is 0.0973. The Kier molecular flexibility index (Phi) is 9.27. The van der Waals surface area contributed by atoms with Gasteiger partial charge < -0.3 is 19.4 Å². The van der Waals surface area contributed by atoms with Crippen molar-refractivity contribution in [1.29, 1.82) is 0 Å². The van der Waals surface area contributed by atoms with Gasteiger partial charge in [0.2, 0.25) is 0 Å². The Morgan fingerprint density at radius 2 is 1.78 bits per heavy atom. The topological polar surface area (TPSA) is 78.3 Å². The first-order valence-electron chi connectivity index (χ1n) is 10.6. The molecule has 0 aliphatic heterocycles. The predicted molar refractivity (Wildman–Crippen MR) is 126 cm³/mol. The van der Waals surface area contributed by atoms with Crippen LogP contribution in [0.3, 0.4) is 0 Å². The standard InChI is InChI=1S/C24H30N4O3S/c1-18(16-31-3)28-22(15-19-7-5-4-6-8-19)26-27-24(28)32-17-20-9-11-21(12-10-20)23(29)25-13-14-30-2/h4-12,18H,13-17H2,1-3H3,(H,25,29). The van der Waals surface area contributed by atoms with Crippen molar-refractivity contribution in [3.63, 3.8) is 0 Å². The van der Waals surface area contributed by atoms with Crippen LogP contribution < -0.4 is 5.32 Å². The summed E-state index contributed by atoms with van der Waals surface area (Å²) < 4.78 is 12.5. The zero-order valence-electron chi connectivity index (χ0n) is 18.8. The zero-order chi connectivity index (χ0) is 22.8. The van der Waals surface area contributed by atoms with Gasteiger partial charge in [-0.3, -0.25) is 4.79 Å². The summed E-state index contributed by atoms with van der Waals surface area (Å²) in [5.41, 5.74) is 2.94. The van der Waals surface area contributed by atoms with Crippen molar-refractivity contribution < 1.29 is 14.3 Å². The third kappa shape index (κ3) is 6.66. The maximum Gasteiger partial charge on any atom is 0.251 e.